The Kier molecular flexibility index (Phi) is 12.1. The first-order valence-electron chi connectivity index (χ1n) is 11.9. The minimum atomic E-state index is -1.71. The van der Waals surface area contributed by atoms with Gasteiger partial charge in [0.05, 0.1) is 0 Å². The molecule has 0 fully saturated rings. The quantitative estimate of drug-likeness (QED) is 0.236. The Morgan fingerprint density at radius 3 is 1.44 bits per heavy atom. The molecular weight excluding hydrogens is 632 g/mol. The Bertz CT molecular complexity index is 1160. The van der Waals surface area contributed by atoms with E-state index in [2.05, 4.69) is 97.0 Å². The van der Waals surface area contributed by atoms with Crippen molar-refractivity contribution in [3.63, 3.8) is 0 Å². The van der Waals surface area contributed by atoms with E-state index in [-0.39, 0.29) is 0 Å². The topological polar surface area (TPSA) is 66.2 Å². The van der Waals surface area contributed by atoms with Crippen LogP contribution in [-0.2, 0) is 0 Å². The fraction of sp³-hybridized carbons (Fsp3) is 0.214. The van der Waals surface area contributed by atoms with Crippen LogP contribution in [0.1, 0.15) is 0 Å². The number of aromatic nitrogens is 2. The van der Waals surface area contributed by atoms with Crippen molar-refractivity contribution < 1.29 is 10.0 Å². The Morgan fingerprint density at radius 1 is 0.611 bits per heavy atom. The first-order chi connectivity index (χ1) is 16.9. The van der Waals surface area contributed by atoms with Crippen LogP contribution in [0, 0.1) is 0 Å². The fourth-order valence-electron chi connectivity index (χ4n) is 3.06. The third-order valence-corrected chi connectivity index (χ3v) is 14.4. The first-order valence-corrected chi connectivity index (χ1v) is 27.4. The number of hydrogen-bond donors (Lipinski definition) is 2. The monoisotopic (exact) mass is 670 g/mol. The van der Waals surface area contributed by atoms with Gasteiger partial charge in [0.2, 0.25) is 0 Å². The molecule has 0 aliphatic heterocycles. The van der Waals surface area contributed by atoms with Crippen molar-refractivity contribution in [1.82, 2.24) is 9.97 Å². The van der Waals surface area contributed by atoms with Crippen molar-refractivity contribution in [1.29, 1.82) is 0 Å². The molecule has 8 heteroatoms. The van der Waals surface area contributed by atoms with Gasteiger partial charge in [0.15, 0.2) is 0 Å². The van der Waals surface area contributed by atoms with Gasteiger partial charge in [0, 0.05) is 0 Å². The van der Waals surface area contributed by atoms with Gasteiger partial charge in [0.25, 0.3) is 0 Å². The van der Waals surface area contributed by atoms with Crippen LogP contribution in [0.2, 0.25) is 34.5 Å². The van der Waals surface area contributed by atoms with Crippen molar-refractivity contribution in [3.05, 3.63) is 102 Å². The molecule has 2 aromatic carbocycles. The second-order valence-electron chi connectivity index (χ2n) is 10.5. The van der Waals surface area contributed by atoms with Crippen LogP contribution in [0.3, 0.4) is 0 Å². The van der Waals surface area contributed by atoms with Crippen molar-refractivity contribution in [2.24, 2.45) is 0 Å². The summed E-state index contributed by atoms with van der Waals surface area (Å²) in [4.78, 5) is 8.77. The van der Waals surface area contributed by atoms with Crippen molar-refractivity contribution in [2.45, 2.75) is 34.5 Å². The molecule has 4 nitrogen and oxygen atoms in total. The average Bonchev–Trinajstić information content (AvgIpc) is 2.85. The van der Waals surface area contributed by atoms with Crippen LogP contribution in [0.15, 0.2) is 102 Å². The van der Waals surface area contributed by atoms with Gasteiger partial charge in [-0.25, -0.2) is 0 Å². The van der Waals surface area contributed by atoms with E-state index < -0.39 is 33.7 Å². The molecule has 0 radical (unpaired) electrons. The molecule has 4 rings (SSSR count). The number of pyridine rings is 2. The summed E-state index contributed by atoms with van der Waals surface area (Å²) in [5.74, 6) is 14.3. The van der Waals surface area contributed by atoms with E-state index in [1.165, 1.54) is 14.4 Å². The molecule has 0 bridgehead atoms. The minimum absolute atomic E-state index is 0.525. The molecular formula is C28H36BBrGe2N2O2. The summed E-state index contributed by atoms with van der Waals surface area (Å²) in [6.45, 7) is 0. The molecule has 0 saturated heterocycles. The zero-order valence-corrected chi connectivity index (χ0v) is 27.8. The van der Waals surface area contributed by atoms with E-state index in [4.69, 9.17) is 10.0 Å². The van der Waals surface area contributed by atoms with Gasteiger partial charge in [-0.2, -0.15) is 0 Å². The standard InChI is InChI=1S/C14H17GeN.C8H12BrGeN.C6H7BO2/c1-15(2,3)13-9-10-14(16-11-13)12-7-5-4-6-8-12;1-10(2,3)7-4-5-8(9)11-6-7;8-7(9)6-4-2-1-3-5-6/h4-11H,1-3H3;4-6H,1-3H3;1-5,8-9H. The molecule has 0 saturated carbocycles. The number of rotatable bonds is 4. The fourth-order valence-corrected chi connectivity index (χ4v) is 7.64. The summed E-state index contributed by atoms with van der Waals surface area (Å²) in [5, 5.41) is 17.2. The van der Waals surface area contributed by atoms with E-state index in [1.807, 2.05) is 36.5 Å². The van der Waals surface area contributed by atoms with Crippen molar-refractivity contribution in [2.75, 3.05) is 0 Å². The second-order valence-corrected chi connectivity index (χ2v) is 32.6. The summed E-state index contributed by atoms with van der Waals surface area (Å²) in [5.41, 5.74) is 2.78. The SMILES string of the molecule is OB(O)c1ccccc1.[CH3][Ge]([CH3])([CH3])[c]1ccc(-c2ccccc2)nc1.[CH3][Ge]([CH3])([CH3])[c]1ccc(Br)nc1. The Balaban J connectivity index is 0.000000200. The molecule has 0 aliphatic carbocycles. The van der Waals surface area contributed by atoms with Crippen LogP contribution in [0.5, 0.6) is 0 Å². The maximum absolute atomic E-state index is 8.58. The van der Waals surface area contributed by atoms with E-state index in [0.717, 1.165) is 10.3 Å². The van der Waals surface area contributed by atoms with Gasteiger partial charge >= 0.3 is 186 Å². The molecule has 0 spiro atoms. The average molecular weight is 669 g/mol. The molecule has 0 aliphatic rings. The Labute approximate surface area is 230 Å². The normalized spacial score (nSPS) is 10.9. The van der Waals surface area contributed by atoms with Gasteiger partial charge in [-0.05, 0) is 5.46 Å². The molecule has 4 aromatic rings. The zero-order chi connectivity index (χ0) is 26.8. The Morgan fingerprint density at radius 2 is 1.08 bits per heavy atom. The van der Waals surface area contributed by atoms with Crippen molar-refractivity contribution in [3.8, 4) is 11.3 Å². The summed E-state index contributed by atoms with van der Waals surface area (Å²) in [6.07, 6.45) is 4.05. The van der Waals surface area contributed by atoms with Crippen LogP contribution in [0.4, 0.5) is 0 Å². The molecule has 2 heterocycles. The predicted octanol–water partition coefficient (Wildman–Crippen LogP) is 5.05. The van der Waals surface area contributed by atoms with Crippen LogP contribution in [-0.4, -0.2) is 53.7 Å². The van der Waals surface area contributed by atoms with E-state index >= 15 is 0 Å². The van der Waals surface area contributed by atoms with Gasteiger partial charge in [-0.1, -0.05) is 30.3 Å². The molecule has 0 atom stereocenters. The molecule has 0 unspecified atom stereocenters. The zero-order valence-electron chi connectivity index (χ0n) is 22.0. The van der Waals surface area contributed by atoms with Gasteiger partial charge in [-0.3, -0.25) is 0 Å². The van der Waals surface area contributed by atoms with Crippen LogP contribution >= 0.6 is 15.9 Å². The summed E-state index contributed by atoms with van der Waals surface area (Å²) in [6, 6.07) is 27.6. The third kappa shape index (κ3) is 10.7. The molecule has 0 amide bonds. The number of nitrogens with zero attached hydrogens (tertiary/aromatic N) is 2. The summed E-state index contributed by atoms with van der Waals surface area (Å²) in [7, 11) is -1.34. The number of halogens is 1. The summed E-state index contributed by atoms with van der Waals surface area (Å²) >= 11 is 0.00703. The van der Waals surface area contributed by atoms with Crippen molar-refractivity contribution >= 4 is 63.8 Å². The van der Waals surface area contributed by atoms with Crippen LogP contribution in [0.25, 0.3) is 11.3 Å². The van der Waals surface area contributed by atoms with Crippen LogP contribution < -0.4 is 14.3 Å². The van der Waals surface area contributed by atoms with Gasteiger partial charge < -0.3 is 10.0 Å². The van der Waals surface area contributed by atoms with Gasteiger partial charge in [-0.15, -0.1) is 0 Å². The molecule has 2 aromatic heterocycles. The maximum atomic E-state index is 8.58. The number of hydrogen-bond acceptors (Lipinski definition) is 4. The van der Waals surface area contributed by atoms with E-state index in [9.17, 15) is 0 Å². The summed E-state index contributed by atoms with van der Waals surface area (Å²) < 4.78 is 3.83. The third-order valence-electron chi connectivity index (χ3n) is 5.39. The van der Waals surface area contributed by atoms with E-state index in [1.54, 1.807) is 24.3 Å². The molecule has 188 valence electrons. The predicted molar refractivity (Wildman–Crippen MR) is 164 cm³/mol. The second kappa shape index (κ2) is 14.3. The first kappa shape index (κ1) is 30.5. The molecule has 36 heavy (non-hydrogen) atoms. The van der Waals surface area contributed by atoms with E-state index in [0.29, 0.717) is 5.46 Å². The number of benzene rings is 2. The Hall–Kier alpha value is -1.71. The molecule has 2 N–H and O–H groups in total. The van der Waals surface area contributed by atoms with Gasteiger partial charge in [0.1, 0.15) is 0 Å².